The molecule has 0 aliphatic carbocycles. The molecule has 3 N–H and O–H groups in total. The highest BCUT2D eigenvalue weighted by atomic mass is 16.5. The smallest absolute Gasteiger partial charge is 0.305 e. The van der Waals surface area contributed by atoms with Crippen LogP contribution in [0.3, 0.4) is 0 Å². The number of ether oxygens (including phenoxy) is 1. The van der Waals surface area contributed by atoms with Gasteiger partial charge in [0, 0.05) is 12.8 Å². The lowest BCUT2D eigenvalue weighted by atomic mass is 10.0. The van der Waals surface area contributed by atoms with Crippen LogP contribution in [0.25, 0.3) is 0 Å². The number of nitrogens with one attached hydrogen (secondary N) is 1. The minimum absolute atomic E-state index is 0.0137. The summed E-state index contributed by atoms with van der Waals surface area (Å²) >= 11 is 0. The largest absolute Gasteiger partial charge is 0.466 e. The maximum absolute atomic E-state index is 12.5. The number of aliphatic hydroxyl groups excluding tert-OH is 2. The maximum Gasteiger partial charge on any atom is 0.305 e. The van der Waals surface area contributed by atoms with Gasteiger partial charge in [0.1, 0.15) is 0 Å². The second-order valence-electron chi connectivity index (χ2n) is 24.9. The van der Waals surface area contributed by atoms with E-state index in [1.807, 2.05) is 6.08 Å². The molecule has 0 aromatic rings. The summed E-state index contributed by atoms with van der Waals surface area (Å²) in [6.45, 7) is 4.91. The third kappa shape index (κ3) is 65.2. The molecule has 0 fully saturated rings. The fourth-order valence-corrected chi connectivity index (χ4v) is 11.4. The van der Waals surface area contributed by atoms with Crippen LogP contribution in [-0.2, 0) is 14.3 Å². The van der Waals surface area contributed by atoms with Gasteiger partial charge >= 0.3 is 5.97 Å². The number of rotatable bonds is 68. The highest BCUT2D eigenvalue weighted by molar-refractivity contribution is 5.76. The zero-order chi connectivity index (χ0) is 57.8. The van der Waals surface area contributed by atoms with Crippen molar-refractivity contribution in [2.75, 3.05) is 13.2 Å². The second kappa shape index (κ2) is 69.6. The third-order valence-electron chi connectivity index (χ3n) is 16.9. The number of amides is 1. The molecule has 2 unspecified atom stereocenters. The molecule has 1 amide bonds. The van der Waals surface area contributed by atoms with Crippen molar-refractivity contribution in [3.05, 3.63) is 36.5 Å². The van der Waals surface area contributed by atoms with E-state index < -0.39 is 12.1 Å². The van der Waals surface area contributed by atoms with Crippen molar-refractivity contribution in [2.24, 2.45) is 0 Å². The Morgan fingerprint density at radius 3 is 0.975 bits per heavy atom. The molecule has 0 aliphatic heterocycles. The number of unbranched alkanes of at least 4 members (excludes halogenated alkanes) is 53. The highest BCUT2D eigenvalue weighted by Gasteiger charge is 2.18. The number of allylic oxidation sites excluding steroid dienone is 5. The summed E-state index contributed by atoms with van der Waals surface area (Å²) in [7, 11) is 0. The number of hydrogen-bond donors (Lipinski definition) is 3. The fraction of sp³-hybridized carbons (Fsp3) is 0.892. The van der Waals surface area contributed by atoms with E-state index in [0.29, 0.717) is 19.4 Å². The monoisotopic (exact) mass is 1120 g/mol. The number of carbonyl (C=O) groups is 2. The van der Waals surface area contributed by atoms with E-state index in [4.69, 9.17) is 4.74 Å². The van der Waals surface area contributed by atoms with Gasteiger partial charge in [-0.2, -0.15) is 0 Å². The van der Waals surface area contributed by atoms with Crippen LogP contribution in [0.4, 0.5) is 0 Å². The molecule has 6 heteroatoms. The van der Waals surface area contributed by atoms with Gasteiger partial charge < -0.3 is 20.3 Å². The molecule has 0 aromatic carbocycles. The zero-order valence-corrected chi connectivity index (χ0v) is 54.1. The minimum atomic E-state index is -0.844. The van der Waals surface area contributed by atoms with E-state index >= 15 is 0 Å². The Hall–Kier alpha value is -1.92. The van der Waals surface area contributed by atoms with Crippen LogP contribution >= 0.6 is 0 Å². The molecular weight excluding hydrogens is 983 g/mol. The first-order valence-electron chi connectivity index (χ1n) is 36.3. The first-order valence-corrected chi connectivity index (χ1v) is 36.3. The molecule has 6 nitrogen and oxygen atoms in total. The molecule has 0 heterocycles. The summed E-state index contributed by atoms with van der Waals surface area (Å²) in [6, 6.07) is -0.627. The number of esters is 1. The van der Waals surface area contributed by atoms with Crippen LogP contribution < -0.4 is 5.32 Å². The van der Waals surface area contributed by atoms with Crippen molar-refractivity contribution in [3.8, 4) is 0 Å². The lowest BCUT2D eigenvalue weighted by Gasteiger charge is -2.20. The van der Waals surface area contributed by atoms with Gasteiger partial charge in [0.15, 0.2) is 0 Å². The first-order chi connectivity index (χ1) is 39.5. The van der Waals surface area contributed by atoms with Gasteiger partial charge in [0.05, 0.1) is 25.4 Å². The Morgan fingerprint density at radius 1 is 0.350 bits per heavy atom. The van der Waals surface area contributed by atoms with E-state index in [1.54, 1.807) is 6.08 Å². The van der Waals surface area contributed by atoms with Gasteiger partial charge in [0.25, 0.3) is 0 Å². The SMILES string of the molecule is CCCCC/C=C\C/C=C\CCCCCCCCCCCC(=O)OCCCCCCCCCCCCCCCCCCCCCCCCCCCCC(=O)NC(CO)C(O)/C=C/CCCCCCCCCCCCCCCCCC. The number of carbonyl (C=O) groups excluding carboxylic acids is 2. The Balaban J connectivity index is 3.37. The van der Waals surface area contributed by atoms with Crippen LogP contribution in [0.1, 0.15) is 399 Å². The lowest BCUT2D eigenvalue weighted by molar-refractivity contribution is -0.143. The van der Waals surface area contributed by atoms with Gasteiger partial charge in [-0.1, -0.05) is 359 Å². The molecule has 0 rings (SSSR count). The minimum Gasteiger partial charge on any atom is -0.466 e. The quantitative estimate of drug-likeness (QED) is 0.0320. The molecular formula is C74H141NO5. The van der Waals surface area contributed by atoms with Crippen LogP contribution in [-0.4, -0.2) is 47.4 Å². The average Bonchev–Trinajstić information content (AvgIpc) is 3.46. The van der Waals surface area contributed by atoms with Crippen molar-refractivity contribution >= 4 is 11.9 Å². The summed E-state index contributed by atoms with van der Waals surface area (Å²) in [5.74, 6) is -0.0489. The Kier molecular flexibility index (Phi) is 67.9. The molecule has 0 saturated heterocycles. The van der Waals surface area contributed by atoms with Gasteiger partial charge in [-0.05, 0) is 64.2 Å². The van der Waals surface area contributed by atoms with Crippen LogP contribution in [0.15, 0.2) is 36.5 Å². The van der Waals surface area contributed by atoms with E-state index in [1.165, 1.54) is 321 Å². The Bertz CT molecular complexity index is 1300. The van der Waals surface area contributed by atoms with Gasteiger partial charge in [-0.15, -0.1) is 0 Å². The van der Waals surface area contributed by atoms with E-state index in [2.05, 4.69) is 43.5 Å². The third-order valence-corrected chi connectivity index (χ3v) is 16.9. The topological polar surface area (TPSA) is 95.9 Å². The van der Waals surface area contributed by atoms with Crippen molar-refractivity contribution in [1.82, 2.24) is 5.32 Å². The Morgan fingerprint density at radius 2 is 0.625 bits per heavy atom. The molecule has 0 radical (unpaired) electrons. The Labute approximate surface area is 500 Å². The second-order valence-corrected chi connectivity index (χ2v) is 24.9. The number of aliphatic hydroxyl groups is 2. The molecule has 472 valence electrons. The normalized spacial score (nSPS) is 12.7. The van der Waals surface area contributed by atoms with Crippen molar-refractivity contribution in [3.63, 3.8) is 0 Å². The van der Waals surface area contributed by atoms with Crippen LogP contribution in [0.2, 0.25) is 0 Å². The maximum atomic E-state index is 12.5. The molecule has 2 atom stereocenters. The summed E-state index contributed by atoms with van der Waals surface area (Å²) in [5.41, 5.74) is 0. The van der Waals surface area contributed by atoms with Crippen molar-refractivity contribution < 1.29 is 24.5 Å². The van der Waals surface area contributed by atoms with E-state index in [0.717, 1.165) is 51.4 Å². The predicted octanol–water partition coefficient (Wildman–Crippen LogP) is 23.5. The molecule has 0 aliphatic rings. The highest BCUT2D eigenvalue weighted by Crippen LogP contribution is 2.19. The molecule has 0 spiro atoms. The summed E-state index contributed by atoms with van der Waals surface area (Å²) in [4.78, 5) is 24.6. The summed E-state index contributed by atoms with van der Waals surface area (Å²) in [6.07, 6.45) is 89.4. The summed E-state index contributed by atoms with van der Waals surface area (Å²) < 4.78 is 5.51. The van der Waals surface area contributed by atoms with E-state index in [-0.39, 0.29) is 18.5 Å². The molecule has 0 aromatic heterocycles. The zero-order valence-electron chi connectivity index (χ0n) is 54.1. The van der Waals surface area contributed by atoms with Crippen LogP contribution in [0, 0.1) is 0 Å². The van der Waals surface area contributed by atoms with Crippen LogP contribution in [0.5, 0.6) is 0 Å². The average molecular weight is 1120 g/mol. The molecule has 0 saturated carbocycles. The van der Waals surface area contributed by atoms with Gasteiger partial charge in [-0.25, -0.2) is 0 Å². The van der Waals surface area contributed by atoms with Gasteiger partial charge in [-0.3, -0.25) is 9.59 Å². The predicted molar refractivity (Wildman–Crippen MR) is 352 cm³/mol. The molecule has 0 bridgehead atoms. The fourth-order valence-electron chi connectivity index (χ4n) is 11.4. The van der Waals surface area contributed by atoms with Gasteiger partial charge in [0.2, 0.25) is 5.91 Å². The van der Waals surface area contributed by atoms with E-state index in [9.17, 15) is 19.8 Å². The van der Waals surface area contributed by atoms with Crippen molar-refractivity contribution in [1.29, 1.82) is 0 Å². The summed E-state index contributed by atoms with van der Waals surface area (Å²) in [5, 5.41) is 23.2. The standard InChI is InChI=1S/C74H141NO5/c1-3-5-7-9-11-13-15-17-19-21-31-36-40-44-48-52-56-60-64-68-74(79)80-69-65-61-57-53-49-45-41-37-33-30-28-26-24-23-25-27-29-32-35-39-43-47-51-55-59-63-67-73(78)75-71(70-76)72(77)66-62-58-54-50-46-42-38-34-22-20-18-16-14-12-10-8-6-4-2/h11,13,17,19,62,66,71-72,76-77H,3-10,12,14-16,18,20-61,63-65,67-70H2,1-2H3,(H,75,78)/b13-11-,19-17-,66-62+. The first kappa shape index (κ1) is 78.1. The molecule has 80 heavy (non-hydrogen) atoms. The lowest BCUT2D eigenvalue weighted by Crippen LogP contribution is -2.45. The van der Waals surface area contributed by atoms with Crippen molar-refractivity contribution in [2.45, 2.75) is 411 Å². The number of hydrogen-bond acceptors (Lipinski definition) is 5.